The van der Waals surface area contributed by atoms with E-state index in [4.69, 9.17) is 4.84 Å². The Bertz CT molecular complexity index is 493. The van der Waals surface area contributed by atoms with Crippen molar-refractivity contribution in [1.82, 2.24) is 5.48 Å². The average Bonchev–Trinajstić information content (AvgIpc) is 2.78. The third-order valence-electron chi connectivity index (χ3n) is 2.93. The highest BCUT2D eigenvalue weighted by Gasteiger charge is 2.35. The molecule has 0 aliphatic carbocycles. The second-order valence-corrected chi connectivity index (χ2v) is 5.20. The van der Waals surface area contributed by atoms with Gasteiger partial charge in [0.1, 0.15) is 0 Å². The molecule has 0 bridgehead atoms. The lowest BCUT2D eigenvalue weighted by molar-refractivity contribution is -0.137. The van der Waals surface area contributed by atoms with Gasteiger partial charge in [0.15, 0.2) is 0 Å². The van der Waals surface area contributed by atoms with Crippen molar-refractivity contribution in [3.63, 3.8) is 0 Å². The number of amides is 2. The Hall–Kier alpha value is -1.40. The summed E-state index contributed by atoms with van der Waals surface area (Å²) in [6, 6.07) is 7.47. The van der Waals surface area contributed by atoms with Gasteiger partial charge in [0, 0.05) is 23.1 Å². The van der Waals surface area contributed by atoms with E-state index in [0.717, 1.165) is 10.2 Å². The van der Waals surface area contributed by atoms with Crippen LogP contribution in [-0.4, -0.2) is 25.0 Å². The zero-order valence-corrected chi connectivity index (χ0v) is 12.1. The highest BCUT2D eigenvalue weighted by Crippen LogP contribution is 2.27. The van der Waals surface area contributed by atoms with Crippen molar-refractivity contribution >= 4 is 33.4 Å². The van der Waals surface area contributed by atoms with Crippen LogP contribution in [0.1, 0.15) is 13.3 Å². The zero-order valence-electron chi connectivity index (χ0n) is 10.6. The first kappa shape index (κ1) is 14.0. The summed E-state index contributed by atoms with van der Waals surface area (Å²) in [7, 11) is 0. The van der Waals surface area contributed by atoms with Crippen molar-refractivity contribution in [2.45, 2.75) is 13.3 Å². The summed E-state index contributed by atoms with van der Waals surface area (Å²) in [5.74, 6) is -0.652. The summed E-state index contributed by atoms with van der Waals surface area (Å²) in [5, 5.41) is 0. The molecule has 1 heterocycles. The van der Waals surface area contributed by atoms with Crippen LogP contribution in [0, 0.1) is 5.92 Å². The number of halogens is 1. The Balaban J connectivity index is 2.05. The molecule has 2 rings (SSSR count). The summed E-state index contributed by atoms with van der Waals surface area (Å²) in [5.41, 5.74) is 3.15. The minimum Gasteiger partial charge on any atom is -0.312 e. The molecule has 0 aromatic heterocycles. The molecule has 19 heavy (non-hydrogen) atoms. The molecule has 1 aliphatic rings. The number of carbonyl (C=O) groups is 2. The lowest BCUT2D eigenvalue weighted by Gasteiger charge is -2.16. The smallest absolute Gasteiger partial charge is 0.248 e. The van der Waals surface area contributed by atoms with E-state index in [1.807, 2.05) is 24.3 Å². The first-order valence-electron chi connectivity index (χ1n) is 6.09. The van der Waals surface area contributed by atoms with Crippen LogP contribution in [-0.2, 0) is 14.4 Å². The number of nitrogens with zero attached hydrogens (tertiary/aromatic N) is 1. The molecule has 0 spiro atoms. The molecule has 0 unspecified atom stereocenters. The van der Waals surface area contributed by atoms with Crippen LogP contribution in [0.4, 0.5) is 5.69 Å². The van der Waals surface area contributed by atoms with E-state index in [9.17, 15) is 9.59 Å². The van der Waals surface area contributed by atoms with E-state index in [1.54, 1.807) is 11.8 Å². The van der Waals surface area contributed by atoms with E-state index in [1.165, 1.54) is 0 Å². The minimum absolute atomic E-state index is 0.0465. The fourth-order valence-electron chi connectivity index (χ4n) is 2.00. The molecular weight excluding hydrogens is 312 g/mol. The molecule has 1 fully saturated rings. The van der Waals surface area contributed by atoms with Gasteiger partial charge in [-0.3, -0.25) is 14.4 Å². The van der Waals surface area contributed by atoms with Gasteiger partial charge in [-0.05, 0) is 25.1 Å². The Labute approximate surface area is 120 Å². The molecule has 5 nitrogen and oxygen atoms in total. The molecular formula is C13H15BrN2O3. The standard InChI is InChI=1S/C13H15BrN2O3/c1-2-19-15-13(18)9-6-12(17)16(8-9)11-5-3-4-10(14)7-11/h3-5,7,9H,2,6,8H2,1H3,(H,15,18)/t9-/m1/s1. The van der Waals surface area contributed by atoms with Crippen LogP contribution in [0.5, 0.6) is 0 Å². The lowest BCUT2D eigenvalue weighted by atomic mass is 10.1. The number of benzene rings is 1. The van der Waals surface area contributed by atoms with Crippen LogP contribution < -0.4 is 10.4 Å². The maximum Gasteiger partial charge on any atom is 0.248 e. The molecule has 6 heteroatoms. The summed E-state index contributed by atoms with van der Waals surface area (Å²) >= 11 is 3.37. The van der Waals surface area contributed by atoms with Gasteiger partial charge in [0.05, 0.1) is 12.5 Å². The van der Waals surface area contributed by atoms with Gasteiger partial charge in [-0.2, -0.15) is 0 Å². The highest BCUT2D eigenvalue weighted by molar-refractivity contribution is 9.10. The zero-order chi connectivity index (χ0) is 13.8. The second kappa shape index (κ2) is 6.16. The molecule has 1 saturated heterocycles. The number of rotatable bonds is 4. The normalized spacial score (nSPS) is 18.7. The van der Waals surface area contributed by atoms with Gasteiger partial charge in [-0.1, -0.05) is 22.0 Å². The van der Waals surface area contributed by atoms with Gasteiger partial charge in [0.2, 0.25) is 11.8 Å². The van der Waals surface area contributed by atoms with Crippen LogP contribution in [0.3, 0.4) is 0 Å². The van der Waals surface area contributed by atoms with Gasteiger partial charge in [0.25, 0.3) is 0 Å². The number of nitrogens with one attached hydrogen (secondary N) is 1. The Morgan fingerprint density at radius 3 is 3.05 bits per heavy atom. The van der Waals surface area contributed by atoms with Crippen molar-refractivity contribution in [3.8, 4) is 0 Å². The van der Waals surface area contributed by atoms with Crippen LogP contribution in [0.15, 0.2) is 28.7 Å². The summed E-state index contributed by atoms with van der Waals surface area (Å²) < 4.78 is 0.903. The number of carbonyl (C=O) groups excluding carboxylic acids is 2. The third kappa shape index (κ3) is 3.33. The van der Waals surface area contributed by atoms with E-state index < -0.39 is 0 Å². The number of hydroxylamine groups is 1. The van der Waals surface area contributed by atoms with Crippen LogP contribution >= 0.6 is 15.9 Å². The molecule has 1 N–H and O–H groups in total. The van der Waals surface area contributed by atoms with Crippen LogP contribution in [0.2, 0.25) is 0 Å². The third-order valence-corrected chi connectivity index (χ3v) is 3.43. The summed E-state index contributed by atoms with van der Waals surface area (Å²) in [6.45, 7) is 2.57. The van der Waals surface area contributed by atoms with Gasteiger partial charge in [-0.25, -0.2) is 5.48 Å². The average molecular weight is 327 g/mol. The predicted octanol–water partition coefficient (Wildman–Crippen LogP) is 1.87. The minimum atomic E-state index is -0.363. The maximum absolute atomic E-state index is 12.0. The molecule has 2 amide bonds. The predicted molar refractivity (Wildman–Crippen MR) is 74.4 cm³/mol. The quantitative estimate of drug-likeness (QED) is 0.859. The van der Waals surface area contributed by atoms with E-state index in [2.05, 4.69) is 21.4 Å². The highest BCUT2D eigenvalue weighted by atomic mass is 79.9. The Morgan fingerprint density at radius 1 is 1.58 bits per heavy atom. The summed E-state index contributed by atoms with van der Waals surface area (Å²) in [6.07, 6.45) is 0.214. The fourth-order valence-corrected chi connectivity index (χ4v) is 2.39. The van der Waals surface area contributed by atoms with E-state index in [0.29, 0.717) is 13.2 Å². The van der Waals surface area contributed by atoms with E-state index in [-0.39, 0.29) is 24.2 Å². The molecule has 1 aromatic rings. The fraction of sp³-hybridized carbons (Fsp3) is 0.385. The molecule has 0 saturated carbocycles. The SMILES string of the molecule is CCONC(=O)[C@@H]1CC(=O)N(c2cccc(Br)c2)C1. The Kier molecular flexibility index (Phi) is 4.55. The molecule has 1 aromatic carbocycles. The second-order valence-electron chi connectivity index (χ2n) is 4.28. The first-order chi connectivity index (χ1) is 9.11. The van der Waals surface area contributed by atoms with Crippen molar-refractivity contribution in [2.75, 3.05) is 18.1 Å². The van der Waals surface area contributed by atoms with Gasteiger partial charge < -0.3 is 4.90 Å². The number of hydrogen-bond acceptors (Lipinski definition) is 3. The first-order valence-corrected chi connectivity index (χ1v) is 6.88. The van der Waals surface area contributed by atoms with Gasteiger partial charge >= 0.3 is 0 Å². The molecule has 1 atom stereocenters. The van der Waals surface area contributed by atoms with Crippen molar-refractivity contribution in [1.29, 1.82) is 0 Å². The lowest BCUT2D eigenvalue weighted by Crippen LogP contribution is -2.33. The number of anilines is 1. The molecule has 102 valence electrons. The number of hydrogen-bond donors (Lipinski definition) is 1. The largest absolute Gasteiger partial charge is 0.312 e. The van der Waals surface area contributed by atoms with Crippen molar-refractivity contribution in [3.05, 3.63) is 28.7 Å². The molecule has 0 radical (unpaired) electrons. The van der Waals surface area contributed by atoms with Crippen LogP contribution in [0.25, 0.3) is 0 Å². The van der Waals surface area contributed by atoms with Gasteiger partial charge in [-0.15, -0.1) is 0 Å². The topological polar surface area (TPSA) is 58.6 Å². The maximum atomic E-state index is 12.0. The van der Waals surface area contributed by atoms with Crippen molar-refractivity contribution in [2.24, 2.45) is 5.92 Å². The van der Waals surface area contributed by atoms with Crippen molar-refractivity contribution < 1.29 is 14.4 Å². The monoisotopic (exact) mass is 326 g/mol. The molecule has 1 aliphatic heterocycles. The van der Waals surface area contributed by atoms with E-state index >= 15 is 0 Å². The summed E-state index contributed by atoms with van der Waals surface area (Å²) in [4.78, 5) is 30.2. The Morgan fingerprint density at radius 2 is 2.37 bits per heavy atom.